The predicted octanol–water partition coefficient (Wildman–Crippen LogP) is -1.81. The number of hydrogen-bond acceptors (Lipinski definition) is 7. The summed E-state index contributed by atoms with van der Waals surface area (Å²) in [7, 11) is 0. The number of nitrogens with two attached hydrogens (primary N) is 1. The van der Waals surface area contributed by atoms with Crippen molar-refractivity contribution in [1.82, 2.24) is 0 Å². The third-order valence-corrected chi connectivity index (χ3v) is 3.13. The highest BCUT2D eigenvalue weighted by atomic mass is 19.2. The molecule has 1 saturated heterocycles. The van der Waals surface area contributed by atoms with Crippen LogP contribution in [-0.4, -0.2) is 75.4 Å². The van der Waals surface area contributed by atoms with Gasteiger partial charge in [0.05, 0.1) is 12.6 Å². The number of halogens is 2. The van der Waals surface area contributed by atoms with Crippen LogP contribution >= 0.6 is 0 Å². The standard InChI is InChI=1S/C9H14F2N4O6/c10-7-4(14-15-13)3(12)6(5(18)2(17)1-16)21-9(7,11)8(19)20/h2-7,16-18H,1,12H2,(H,19,20). The van der Waals surface area contributed by atoms with Gasteiger partial charge in [-0.1, -0.05) is 5.11 Å². The van der Waals surface area contributed by atoms with Gasteiger partial charge in [-0.25, -0.2) is 9.18 Å². The zero-order chi connectivity index (χ0) is 16.4. The van der Waals surface area contributed by atoms with Crippen LogP contribution in [0.1, 0.15) is 0 Å². The molecule has 12 heteroatoms. The maximum Gasteiger partial charge on any atom is 0.372 e. The highest BCUT2D eigenvalue weighted by Crippen LogP contribution is 2.36. The number of nitrogens with zero attached hydrogens (tertiary/aromatic N) is 3. The number of alkyl halides is 2. The average Bonchev–Trinajstić information content (AvgIpc) is 2.45. The molecule has 6 N–H and O–H groups in total. The van der Waals surface area contributed by atoms with Crippen molar-refractivity contribution in [3.63, 3.8) is 0 Å². The van der Waals surface area contributed by atoms with Gasteiger partial charge in [-0.3, -0.25) is 0 Å². The van der Waals surface area contributed by atoms with Crippen molar-refractivity contribution in [3.8, 4) is 0 Å². The highest BCUT2D eigenvalue weighted by molar-refractivity contribution is 5.76. The molecule has 21 heavy (non-hydrogen) atoms. The number of aliphatic hydroxyl groups excluding tert-OH is 3. The second-order valence-electron chi connectivity index (χ2n) is 4.45. The lowest BCUT2D eigenvalue weighted by Gasteiger charge is -2.44. The number of carboxylic acids is 1. The van der Waals surface area contributed by atoms with Gasteiger partial charge in [-0.2, -0.15) is 4.39 Å². The molecular weight excluding hydrogens is 298 g/mol. The van der Waals surface area contributed by atoms with E-state index in [-0.39, 0.29) is 0 Å². The van der Waals surface area contributed by atoms with Gasteiger partial charge >= 0.3 is 11.8 Å². The first-order chi connectivity index (χ1) is 9.70. The molecule has 1 fully saturated rings. The number of aliphatic hydroxyl groups is 3. The van der Waals surface area contributed by atoms with Gasteiger partial charge in [0.2, 0.25) is 0 Å². The van der Waals surface area contributed by atoms with Crippen molar-refractivity contribution in [2.24, 2.45) is 10.8 Å². The predicted molar refractivity (Wildman–Crippen MR) is 61.3 cm³/mol. The number of hydrogen-bond donors (Lipinski definition) is 5. The van der Waals surface area contributed by atoms with Gasteiger partial charge in [-0.15, -0.1) is 0 Å². The van der Waals surface area contributed by atoms with Crippen LogP contribution in [0, 0.1) is 0 Å². The Balaban J connectivity index is 3.21. The van der Waals surface area contributed by atoms with E-state index in [2.05, 4.69) is 14.8 Å². The fraction of sp³-hybridized carbons (Fsp3) is 0.889. The molecule has 7 atom stereocenters. The molecule has 10 nitrogen and oxygen atoms in total. The van der Waals surface area contributed by atoms with E-state index in [4.69, 9.17) is 21.5 Å². The van der Waals surface area contributed by atoms with Gasteiger partial charge in [0, 0.05) is 11.0 Å². The van der Waals surface area contributed by atoms with Crippen LogP contribution in [0.2, 0.25) is 0 Å². The fourth-order valence-corrected chi connectivity index (χ4v) is 1.94. The first-order valence-electron chi connectivity index (χ1n) is 5.71. The molecule has 0 amide bonds. The Labute approximate surface area is 116 Å². The van der Waals surface area contributed by atoms with E-state index in [0.717, 1.165) is 0 Å². The molecule has 1 rings (SSSR count). The summed E-state index contributed by atoms with van der Waals surface area (Å²) >= 11 is 0. The van der Waals surface area contributed by atoms with Crippen molar-refractivity contribution in [3.05, 3.63) is 10.4 Å². The minimum absolute atomic E-state index is 0.967. The molecule has 0 bridgehead atoms. The van der Waals surface area contributed by atoms with E-state index in [0.29, 0.717) is 0 Å². The van der Waals surface area contributed by atoms with Gasteiger partial charge in [-0.05, 0) is 5.53 Å². The van der Waals surface area contributed by atoms with Crippen LogP contribution in [0.5, 0.6) is 0 Å². The topological polar surface area (TPSA) is 182 Å². The normalized spacial score (nSPS) is 39.1. The van der Waals surface area contributed by atoms with Crippen LogP contribution in [0.3, 0.4) is 0 Å². The van der Waals surface area contributed by atoms with Gasteiger partial charge in [0.15, 0.2) is 6.17 Å². The Bertz CT molecular complexity index is 450. The quantitative estimate of drug-likeness (QED) is 0.225. The van der Waals surface area contributed by atoms with E-state index in [1.165, 1.54) is 0 Å². The molecule has 0 aromatic heterocycles. The lowest BCUT2D eigenvalue weighted by Crippen LogP contribution is -2.69. The Kier molecular flexibility index (Phi) is 5.39. The van der Waals surface area contributed by atoms with E-state index in [1.54, 1.807) is 0 Å². The largest absolute Gasteiger partial charge is 0.477 e. The number of azide groups is 1. The lowest BCUT2D eigenvalue weighted by atomic mass is 9.87. The molecule has 0 radical (unpaired) electrons. The molecule has 1 aliphatic rings. The molecule has 120 valence electrons. The number of carbonyl (C=O) groups is 1. The number of ether oxygens (including phenoxy) is 1. The minimum atomic E-state index is -3.92. The summed E-state index contributed by atoms with van der Waals surface area (Å²) < 4.78 is 32.4. The third kappa shape index (κ3) is 3.05. The molecule has 0 spiro atoms. The molecule has 1 heterocycles. The first kappa shape index (κ1) is 17.5. The van der Waals surface area contributed by atoms with Gasteiger partial charge < -0.3 is 30.9 Å². The van der Waals surface area contributed by atoms with Crippen molar-refractivity contribution in [2.75, 3.05) is 6.61 Å². The van der Waals surface area contributed by atoms with E-state index >= 15 is 0 Å². The Morgan fingerprint density at radius 2 is 2.14 bits per heavy atom. The minimum Gasteiger partial charge on any atom is -0.477 e. The summed E-state index contributed by atoms with van der Waals surface area (Å²) in [5.74, 6) is -6.27. The molecule has 0 aromatic carbocycles. The molecule has 0 saturated carbocycles. The lowest BCUT2D eigenvalue weighted by molar-refractivity contribution is -0.273. The van der Waals surface area contributed by atoms with Crippen LogP contribution in [0.15, 0.2) is 5.11 Å². The first-order valence-corrected chi connectivity index (χ1v) is 5.71. The maximum absolute atomic E-state index is 14.1. The fourth-order valence-electron chi connectivity index (χ4n) is 1.94. The summed E-state index contributed by atoms with van der Waals surface area (Å²) in [5.41, 5.74) is 13.8. The zero-order valence-electron chi connectivity index (χ0n) is 10.5. The number of carboxylic acid groups (broad SMARTS) is 1. The second kappa shape index (κ2) is 6.47. The van der Waals surface area contributed by atoms with Gasteiger partial charge in [0.25, 0.3) is 0 Å². The van der Waals surface area contributed by atoms with E-state index in [9.17, 15) is 23.8 Å². The Morgan fingerprint density at radius 1 is 1.57 bits per heavy atom. The molecule has 0 aliphatic carbocycles. The summed E-state index contributed by atoms with van der Waals surface area (Å²) in [5, 5.41) is 39.3. The highest BCUT2D eigenvalue weighted by Gasteiger charge is 2.61. The van der Waals surface area contributed by atoms with Crippen LogP contribution in [0.4, 0.5) is 8.78 Å². The molecule has 1 aliphatic heterocycles. The number of rotatable bonds is 5. The van der Waals surface area contributed by atoms with Crippen LogP contribution in [-0.2, 0) is 9.53 Å². The third-order valence-electron chi connectivity index (χ3n) is 3.13. The molecule has 0 aromatic rings. The van der Waals surface area contributed by atoms with Crippen molar-refractivity contribution >= 4 is 5.97 Å². The number of aliphatic carboxylic acids is 1. The monoisotopic (exact) mass is 312 g/mol. The maximum atomic E-state index is 14.1. The van der Waals surface area contributed by atoms with Crippen LogP contribution < -0.4 is 5.73 Å². The smallest absolute Gasteiger partial charge is 0.372 e. The second-order valence-corrected chi connectivity index (χ2v) is 4.45. The SMILES string of the molecule is [N-]=[N+]=NC1C(N)C(C(O)C(O)CO)OC(F)(C(=O)O)C1F. The Morgan fingerprint density at radius 3 is 2.57 bits per heavy atom. The Hall–Kier alpha value is -1.56. The zero-order valence-corrected chi connectivity index (χ0v) is 10.5. The molecular formula is C9H14F2N4O6. The average molecular weight is 312 g/mol. The summed E-state index contributed by atoms with van der Waals surface area (Å²) in [4.78, 5) is 13.1. The van der Waals surface area contributed by atoms with Gasteiger partial charge in [0.1, 0.15) is 18.3 Å². The van der Waals surface area contributed by atoms with Crippen LogP contribution in [0.25, 0.3) is 10.4 Å². The van der Waals surface area contributed by atoms with Crippen molar-refractivity contribution in [2.45, 2.75) is 42.4 Å². The van der Waals surface area contributed by atoms with E-state index < -0.39 is 55.0 Å². The summed E-state index contributed by atoms with van der Waals surface area (Å²) in [6.07, 6.45) is -8.71. The summed E-state index contributed by atoms with van der Waals surface area (Å²) in [6, 6.07) is -3.63. The van der Waals surface area contributed by atoms with Crippen molar-refractivity contribution < 1.29 is 38.7 Å². The summed E-state index contributed by atoms with van der Waals surface area (Å²) in [6.45, 7) is -0.967. The molecule has 7 unspecified atom stereocenters. The van der Waals surface area contributed by atoms with Crippen molar-refractivity contribution in [1.29, 1.82) is 0 Å². The van der Waals surface area contributed by atoms with E-state index in [1.807, 2.05) is 0 Å².